The van der Waals surface area contributed by atoms with E-state index in [0.717, 1.165) is 43.0 Å². The Balaban J connectivity index is 1.78. The zero-order valence-corrected chi connectivity index (χ0v) is 18.9. The van der Waals surface area contributed by atoms with Gasteiger partial charge in [0.15, 0.2) is 0 Å². The summed E-state index contributed by atoms with van der Waals surface area (Å²) >= 11 is 6.09. The van der Waals surface area contributed by atoms with Crippen LogP contribution in [-0.4, -0.2) is 16.7 Å². The standard InChI is InChI=1S/C26H33ClN2O/c1-3-4-15-26(20-29-19-18-28-21-29,16-13-22-5-9-24(27)10-6-22)17-14-23-7-11-25(30-2)12-8-23/h5-12,18-19,21H,3-4,13-17,20H2,1-2H3. The average Bonchev–Trinajstić information content (AvgIpc) is 3.29. The Hall–Kier alpha value is -2.26. The number of ether oxygens (including phenoxy) is 1. The molecule has 0 N–H and O–H groups in total. The average molecular weight is 425 g/mol. The minimum absolute atomic E-state index is 0.232. The minimum atomic E-state index is 0.232. The fraction of sp³-hybridized carbons (Fsp3) is 0.423. The van der Waals surface area contributed by atoms with Crippen molar-refractivity contribution in [2.24, 2.45) is 5.41 Å². The van der Waals surface area contributed by atoms with E-state index in [0.29, 0.717) is 0 Å². The van der Waals surface area contributed by atoms with E-state index >= 15 is 0 Å². The lowest BCUT2D eigenvalue weighted by molar-refractivity contribution is 0.176. The molecule has 1 unspecified atom stereocenters. The number of rotatable bonds is 12. The lowest BCUT2D eigenvalue weighted by Crippen LogP contribution is -2.28. The SMILES string of the molecule is CCCCC(CCc1ccc(Cl)cc1)(CCc1ccc(OC)cc1)Cn1ccnc1. The van der Waals surface area contributed by atoms with Gasteiger partial charge >= 0.3 is 0 Å². The number of aryl methyl sites for hydroxylation is 2. The van der Waals surface area contributed by atoms with E-state index < -0.39 is 0 Å². The first-order chi connectivity index (χ1) is 14.6. The topological polar surface area (TPSA) is 27.1 Å². The van der Waals surface area contributed by atoms with Crippen molar-refractivity contribution < 1.29 is 4.74 Å². The van der Waals surface area contributed by atoms with Crippen LogP contribution in [0.3, 0.4) is 0 Å². The number of aromatic nitrogens is 2. The van der Waals surface area contributed by atoms with Gasteiger partial charge in [-0.15, -0.1) is 0 Å². The molecule has 30 heavy (non-hydrogen) atoms. The molecule has 3 nitrogen and oxygen atoms in total. The number of hydrogen-bond donors (Lipinski definition) is 0. The lowest BCUT2D eigenvalue weighted by atomic mass is 9.73. The molecular formula is C26H33ClN2O. The maximum absolute atomic E-state index is 6.09. The van der Waals surface area contributed by atoms with Crippen molar-refractivity contribution >= 4 is 11.6 Å². The molecule has 1 atom stereocenters. The monoisotopic (exact) mass is 424 g/mol. The zero-order chi connectivity index (χ0) is 21.2. The minimum Gasteiger partial charge on any atom is -0.497 e. The highest BCUT2D eigenvalue weighted by molar-refractivity contribution is 6.30. The fourth-order valence-electron chi connectivity index (χ4n) is 4.19. The molecule has 0 bridgehead atoms. The summed E-state index contributed by atoms with van der Waals surface area (Å²) in [5, 5.41) is 0.800. The van der Waals surface area contributed by atoms with E-state index in [4.69, 9.17) is 16.3 Å². The summed E-state index contributed by atoms with van der Waals surface area (Å²) in [6.45, 7) is 3.29. The fourth-order valence-corrected chi connectivity index (χ4v) is 4.32. The van der Waals surface area contributed by atoms with Crippen molar-refractivity contribution in [3.8, 4) is 5.75 Å². The largest absolute Gasteiger partial charge is 0.497 e. The van der Waals surface area contributed by atoms with E-state index in [9.17, 15) is 0 Å². The van der Waals surface area contributed by atoms with Gasteiger partial charge in [-0.3, -0.25) is 0 Å². The predicted octanol–water partition coefficient (Wildman–Crippen LogP) is 6.99. The molecule has 0 fully saturated rings. The summed E-state index contributed by atoms with van der Waals surface area (Å²) in [6, 6.07) is 16.8. The van der Waals surface area contributed by atoms with E-state index in [1.54, 1.807) is 7.11 Å². The molecule has 1 aromatic heterocycles. The highest BCUT2D eigenvalue weighted by Crippen LogP contribution is 2.38. The maximum Gasteiger partial charge on any atom is 0.118 e. The third-order valence-corrected chi connectivity index (χ3v) is 6.35. The number of imidazole rings is 1. The van der Waals surface area contributed by atoms with Gasteiger partial charge in [0.25, 0.3) is 0 Å². The van der Waals surface area contributed by atoms with Crippen molar-refractivity contribution in [1.29, 1.82) is 0 Å². The van der Waals surface area contributed by atoms with Crippen LogP contribution >= 0.6 is 11.6 Å². The third-order valence-electron chi connectivity index (χ3n) is 6.10. The Labute approximate surface area is 186 Å². The lowest BCUT2D eigenvalue weighted by Gasteiger charge is -2.35. The summed E-state index contributed by atoms with van der Waals surface area (Å²) < 4.78 is 7.57. The summed E-state index contributed by atoms with van der Waals surface area (Å²) in [4.78, 5) is 4.29. The van der Waals surface area contributed by atoms with Crippen LogP contribution in [0.4, 0.5) is 0 Å². The van der Waals surface area contributed by atoms with Crippen molar-refractivity contribution in [3.05, 3.63) is 83.4 Å². The number of halogens is 1. The second kappa shape index (κ2) is 11.2. The zero-order valence-electron chi connectivity index (χ0n) is 18.2. The van der Waals surface area contributed by atoms with E-state index in [1.807, 2.05) is 24.7 Å². The van der Waals surface area contributed by atoms with Crippen LogP contribution in [0.25, 0.3) is 0 Å². The molecule has 0 amide bonds. The van der Waals surface area contributed by atoms with Gasteiger partial charge in [0.2, 0.25) is 0 Å². The number of benzene rings is 2. The van der Waals surface area contributed by atoms with E-state index in [2.05, 4.69) is 59.1 Å². The van der Waals surface area contributed by atoms with Gasteiger partial charge in [0, 0.05) is 24.0 Å². The second-order valence-electron chi connectivity index (χ2n) is 8.31. The Kier molecular flexibility index (Phi) is 8.39. The van der Waals surface area contributed by atoms with Gasteiger partial charge in [0.05, 0.1) is 13.4 Å². The summed E-state index contributed by atoms with van der Waals surface area (Å²) in [6.07, 6.45) is 14.1. The first kappa shape index (κ1) is 22.4. The Bertz CT molecular complexity index is 859. The number of hydrogen-bond acceptors (Lipinski definition) is 2. The highest BCUT2D eigenvalue weighted by Gasteiger charge is 2.29. The Morgan fingerprint density at radius 1 is 0.933 bits per heavy atom. The molecule has 0 radical (unpaired) electrons. The normalized spacial score (nSPS) is 13.2. The molecule has 4 heteroatoms. The molecular weight excluding hydrogens is 392 g/mol. The molecule has 0 aliphatic heterocycles. The van der Waals surface area contributed by atoms with Crippen LogP contribution in [0, 0.1) is 5.41 Å². The van der Waals surface area contributed by atoms with Gasteiger partial charge < -0.3 is 9.30 Å². The Morgan fingerprint density at radius 2 is 1.57 bits per heavy atom. The van der Waals surface area contributed by atoms with Crippen LogP contribution in [0.15, 0.2) is 67.3 Å². The molecule has 0 aliphatic carbocycles. The second-order valence-corrected chi connectivity index (χ2v) is 8.75. The molecule has 3 rings (SSSR count). The molecule has 2 aromatic carbocycles. The molecule has 1 heterocycles. The summed E-state index contributed by atoms with van der Waals surface area (Å²) in [5.41, 5.74) is 2.96. The number of nitrogens with zero attached hydrogens (tertiary/aromatic N) is 2. The van der Waals surface area contributed by atoms with Crippen LogP contribution in [0.1, 0.15) is 50.2 Å². The first-order valence-corrected chi connectivity index (χ1v) is 11.3. The quantitative estimate of drug-likeness (QED) is 0.313. The van der Waals surface area contributed by atoms with Crippen LogP contribution in [0.2, 0.25) is 5.02 Å². The van der Waals surface area contributed by atoms with Gasteiger partial charge in [0.1, 0.15) is 5.75 Å². The van der Waals surface area contributed by atoms with Crippen LogP contribution in [-0.2, 0) is 19.4 Å². The van der Waals surface area contributed by atoms with Crippen molar-refractivity contribution in [1.82, 2.24) is 9.55 Å². The number of unbranched alkanes of at least 4 members (excludes halogenated alkanes) is 1. The smallest absolute Gasteiger partial charge is 0.118 e. The van der Waals surface area contributed by atoms with Gasteiger partial charge in [-0.25, -0.2) is 4.98 Å². The Morgan fingerprint density at radius 3 is 2.10 bits per heavy atom. The maximum atomic E-state index is 6.09. The summed E-state index contributed by atoms with van der Waals surface area (Å²) in [7, 11) is 1.71. The molecule has 3 aromatic rings. The molecule has 0 aliphatic rings. The van der Waals surface area contributed by atoms with Crippen molar-refractivity contribution in [2.75, 3.05) is 7.11 Å². The third kappa shape index (κ3) is 6.63. The summed E-state index contributed by atoms with van der Waals surface area (Å²) in [5.74, 6) is 0.914. The van der Waals surface area contributed by atoms with Crippen LogP contribution < -0.4 is 4.74 Å². The van der Waals surface area contributed by atoms with Crippen molar-refractivity contribution in [2.45, 2.75) is 58.4 Å². The predicted molar refractivity (Wildman–Crippen MR) is 125 cm³/mol. The first-order valence-electron chi connectivity index (χ1n) is 11.0. The highest BCUT2D eigenvalue weighted by atomic mass is 35.5. The van der Waals surface area contributed by atoms with E-state index in [-0.39, 0.29) is 5.41 Å². The molecule has 160 valence electrons. The molecule has 0 spiro atoms. The van der Waals surface area contributed by atoms with Crippen molar-refractivity contribution in [3.63, 3.8) is 0 Å². The van der Waals surface area contributed by atoms with Gasteiger partial charge in [-0.1, -0.05) is 55.6 Å². The van der Waals surface area contributed by atoms with Gasteiger partial charge in [-0.2, -0.15) is 0 Å². The van der Waals surface area contributed by atoms with Gasteiger partial charge in [-0.05, 0) is 72.9 Å². The number of methoxy groups -OCH3 is 1. The molecule has 0 saturated heterocycles. The van der Waals surface area contributed by atoms with Crippen LogP contribution in [0.5, 0.6) is 5.75 Å². The van der Waals surface area contributed by atoms with E-state index in [1.165, 1.54) is 30.4 Å². The molecule has 0 saturated carbocycles.